The molecule has 0 radical (unpaired) electrons. The number of carbonyl (C=O) groups is 1. The van der Waals surface area contributed by atoms with Crippen molar-refractivity contribution < 1.29 is 9.90 Å². The second-order valence-corrected chi connectivity index (χ2v) is 9.50. The van der Waals surface area contributed by atoms with Gasteiger partial charge in [0.2, 0.25) is 5.91 Å². The number of imidazole rings is 1. The molecule has 1 aromatic heterocycles. The maximum atomic E-state index is 12.0. The standard InChI is InChI=1S/C25H34N6O2/c1-2-15-10-18(32)6-8-19(15)16-5-7-20-21(11-16)29-30-24(20)25-27-13-22(28-25)17-4-3-9-31(14-17)23(33)12-26/h4,6,8,10,13,16,20-21,24,29-30,32H,2-3,5,7,9,11-12,14,26H2,1H3,(H,27,28). The first-order valence-electron chi connectivity index (χ1n) is 12.1. The van der Waals surface area contributed by atoms with Crippen LogP contribution in [-0.4, -0.2) is 51.6 Å². The number of nitrogens with zero attached hydrogens (tertiary/aromatic N) is 2. The summed E-state index contributed by atoms with van der Waals surface area (Å²) in [7, 11) is 0. The van der Waals surface area contributed by atoms with Crippen LogP contribution in [0.15, 0.2) is 30.5 Å². The highest BCUT2D eigenvalue weighted by molar-refractivity contribution is 5.81. The number of phenolic OH excluding ortho intramolecular Hbond substituents is 1. The minimum absolute atomic E-state index is 0.0125. The maximum absolute atomic E-state index is 12.0. The van der Waals surface area contributed by atoms with Gasteiger partial charge in [0.05, 0.1) is 24.5 Å². The summed E-state index contributed by atoms with van der Waals surface area (Å²) in [4.78, 5) is 22.1. The molecule has 1 aliphatic carbocycles. The fourth-order valence-corrected chi connectivity index (χ4v) is 5.85. The zero-order chi connectivity index (χ0) is 22.9. The summed E-state index contributed by atoms with van der Waals surface area (Å²) in [5.74, 6) is 2.26. The second-order valence-electron chi connectivity index (χ2n) is 9.50. The molecule has 4 atom stereocenters. The number of aromatic nitrogens is 2. The number of aromatic amines is 1. The van der Waals surface area contributed by atoms with E-state index in [0.717, 1.165) is 55.7 Å². The van der Waals surface area contributed by atoms with Gasteiger partial charge >= 0.3 is 0 Å². The van der Waals surface area contributed by atoms with Crippen molar-refractivity contribution in [1.82, 2.24) is 25.7 Å². The molecule has 4 unspecified atom stereocenters. The average Bonchev–Trinajstić information content (AvgIpc) is 3.50. The lowest BCUT2D eigenvalue weighted by molar-refractivity contribution is -0.129. The number of nitrogens with one attached hydrogen (secondary N) is 3. The highest BCUT2D eigenvalue weighted by Gasteiger charge is 2.42. The number of fused-ring (bicyclic) bond motifs is 1. The lowest BCUT2D eigenvalue weighted by Crippen LogP contribution is -2.39. The quantitative estimate of drug-likeness (QED) is 0.477. The van der Waals surface area contributed by atoms with Crippen molar-refractivity contribution in [2.75, 3.05) is 19.6 Å². The van der Waals surface area contributed by atoms with Gasteiger partial charge in [-0.25, -0.2) is 10.4 Å². The van der Waals surface area contributed by atoms with E-state index < -0.39 is 0 Å². The largest absolute Gasteiger partial charge is 0.508 e. The van der Waals surface area contributed by atoms with Crippen molar-refractivity contribution in [2.24, 2.45) is 11.7 Å². The van der Waals surface area contributed by atoms with Gasteiger partial charge in [0.25, 0.3) is 0 Å². The Morgan fingerprint density at radius 1 is 1.30 bits per heavy atom. The molecule has 2 aromatic rings. The van der Waals surface area contributed by atoms with E-state index in [0.29, 0.717) is 30.2 Å². The maximum Gasteiger partial charge on any atom is 0.236 e. The fraction of sp³-hybridized carbons (Fsp3) is 0.520. The third-order valence-electron chi connectivity index (χ3n) is 7.62. The molecular weight excluding hydrogens is 416 g/mol. The van der Waals surface area contributed by atoms with Crippen molar-refractivity contribution in [3.05, 3.63) is 53.1 Å². The summed E-state index contributed by atoms with van der Waals surface area (Å²) in [5, 5.41) is 9.87. The smallest absolute Gasteiger partial charge is 0.236 e. The number of benzene rings is 1. The SMILES string of the molecule is CCc1cc(O)ccc1C1CCC2C(C1)NNC2c1ncc(C2=CCCN(C(=O)CN)C2)[nH]1. The molecule has 33 heavy (non-hydrogen) atoms. The van der Waals surface area contributed by atoms with Gasteiger partial charge in [0.1, 0.15) is 11.6 Å². The first kappa shape index (κ1) is 22.1. The van der Waals surface area contributed by atoms with Gasteiger partial charge in [0.15, 0.2) is 0 Å². The summed E-state index contributed by atoms with van der Waals surface area (Å²) < 4.78 is 0. The Morgan fingerprint density at radius 3 is 3.00 bits per heavy atom. The van der Waals surface area contributed by atoms with Gasteiger partial charge in [-0.3, -0.25) is 10.2 Å². The summed E-state index contributed by atoms with van der Waals surface area (Å²) >= 11 is 0. The molecular formula is C25H34N6O2. The predicted octanol–water partition coefficient (Wildman–Crippen LogP) is 2.35. The van der Waals surface area contributed by atoms with E-state index in [2.05, 4.69) is 34.9 Å². The number of nitrogens with two attached hydrogens (primary N) is 1. The molecule has 3 heterocycles. The number of amides is 1. The molecule has 5 rings (SSSR count). The molecule has 176 valence electrons. The van der Waals surface area contributed by atoms with Crippen LogP contribution in [0.5, 0.6) is 5.75 Å². The highest BCUT2D eigenvalue weighted by atomic mass is 16.3. The molecule has 6 N–H and O–H groups in total. The minimum Gasteiger partial charge on any atom is -0.508 e. The average molecular weight is 451 g/mol. The van der Waals surface area contributed by atoms with Crippen molar-refractivity contribution in [2.45, 2.75) is 57.0 Å². The van der Waals surface area contributed by atoms with E-state index in [1.54, 1.807) is 0 Å². The van der Waals surface area contributed by atoms with E-state index in [1.165, 1.54) is 11.1 Å². The second kappa shape index (κ2) is 9.29. The Labute approximate surface area is 194 Å². The molecule has 1 aromatic carbocycles. The van der Waals surface area contributed by atoms with Crippen LogP contribution in [0.25, 0.3) is 5.57 Å². The number of phenols is 1. The van der Waals surface area contributed by atoms with Gasteiger partial charge in [-0.05, 0) is 72.8 Å². The van der Waals surface area contributed by atoms with E-state index in [-0.39, 0.29) is 18.5 Å². The number of rotatable bonds is 5. The minimum atomic E-state index is -0.0125. The highest BCUT2D eigenvalue weighted by Crippen LogP contribution is 2.44. The Hall–Kier alpha value is -2.68. The lowest BCUT2D eigenvalue weighted by Gasteiger charge is -2.33. The zero-order valence-electron chi connectivity index (χ0n) is 19.2. The van der Waals surface area contributed by atoms with Crippen molar-refractivity contribution >= 4 is 11.5 Å². The van der Waals surface area contributed by atoms with Crippen LogP contribution >= 0.6 is 0 Å². The Kier molecular flexibility index (Phi) is 6.23. The Morgan fingerprint density at radius 2 is 2.18 bits per heavy atom. The van der Waals surface area contributed by atoms with Gasteiger partial charge < -0.3 is 20.7 Å². The summed E-state index contributed by atoms with van der Waals surface area (Å²) in [6, 6.07) is 6.36. The van der Waals surface area contributed by atoms with Crippen molar-refractivity contribution in [3.8, 4) is 5.75 Å². The third-order valence-corrected chi connectivity index (χ3v) is 7.62. The molecule has 1 saturated heterocycles. The molecule has 8 nitrogen and oxygen atoms in total. The van der Waals surface area contributed by atoms with Crippen LogP contribution in [-0.2, 0) is 11.2 Å². The molecule has 2 aliphatic heterocycles. The number of carbonyl (C=O) groups excluding carboxylic acids is 1. The fourth-order valence-electron chi connectivity index (χ4n) is 5.85. The molecule has 3 aliphatic rings. The van der Waals surface area contributed by atoms with Gasteiger partial charge in [0, 0.05) is 19.1 Å². The zero-order valence-corrected chi connectivity index (χ0v) is 19.2. The Bertz CT molecular complexity index is 1050. The van der Waals surface area contributed by atoms with E-state index in [4.69, 9.17) is 10.7 Å². The number of aromatic hydroxyl groups is 1. The Balaban J connectivity index is 1.27. The lowest BCUT2D eigenvalue weighted by atomic mass is 9.73. The molecule has 1 amide bonds. The number of aryl methyl sites for hydroxylation is 1. The van der Waals surface area contributed by atoms with Crippen LogP contribution in [0, 0.1) is 5.92 Å². The number of hydrazine groups is 1. The van der Waals surface area contributed by atoms with E-state index in [1.807, 2.05) is 23.2 Å². The normalized spacial score (nSPS) is 27.3. The molecule has 0 bridgehead atoms. The number of hydrogen-bond donors (Lipinski definition) is 5. The van der Waals surface area contributed by atoms with Gasteiger partial charge in [-0.15, -0.1) is 0 Å². The first-order valence-corrected chi connectivity index (χ1v) is 12.1. The molecule has 2 fully saturated rings. The predicted molar refractivity (Wildman–Crippen MR) is 127 cm³/mol. The summed E-state index contributed by atoms with van der Waals surface area (Å²) in [6.45, 7) is 3.50. The van der Waals surface area contributed by atoms with Gasteiger partial charge in [-0.1, -0.05) is 19.1 Å². The number of hydrogen-bond acceptors (Lipinski definition) is 6. The van der Waals surface area contributed by atoms with E-state index in [9.17, 15) is 9.90 Å². The van der Waals surface area contributed by atoms with Crippen LogP contribution < -0.4 is 16.6 Å². The monoisotopic (exact) mass is 450 g/mol. The van der Waals surface area contributed by atoms with Crippen LogP contribution in [0.4, 0.5) is 0 Å². The van der Waals surface area contributed by atoms with Crippen LogP contribution in [0.2, 0.25) is 0 Å². The van der Waals surface area contributed by atoms with Crippen molar-refractivity contribution in [1.29, 1.82) is 0 Å². The number of H-pyrrole nitrogens is 1. The first-order chi connectivity index (χ1) is 16.1. The van der Waals surface area contributed by atoms with Crippen LogP contribution in [0.3, 0.4) is 0 Å². The molecule has 1 saturated carbocycles. The summed E-state index contributed by atoms with van der Waals surface area (Å²) in [6.07, 6.45) is 9.16. The van der Waals surface area contributed by atoms with Gasteiger partial charge in [-0.2, -0.15) is 0 Å². The molecule has 8 heteroatoms. The van der Waals surface area contributed by atoms with Crippen molar-refractivity contribution in [3.63, 3.8) is 0 Å². The topological polar surface area (TPSA) is 119 Å². The van der Waals surface area contributed by atoms with Crippen LogP contribution in [0.1, 0.15) is 67.2 Å². The molecule has 0 spiro atoms. The third kappa shape index (κ3) is 4.30. The van der Waals surface area contributed by atoms with E-state index >= 15 is 0 Å². The summed E-state index contributed by atoms with van der Waals surface area (Å²) in [5.41, 5.74) is 17.3.